The third-order valence-corrected chi connectivity index (χ3v) is 10.6. The monoisotopic (exact) mass is 713 g/mol. The van der Waals surface area contributed by atoms with Gasteiger partial charge in [-0.2, -0.15) is 8.42 Å². The lowest BCUT2D eigenvalue weighted by Gasteiger charge is -2.12. The van der Waals surface area contributed by atoms with Crippen LogP contribution in [0.1, 0.15) is 76.2 Å². The molecule has 1 aliphatic heterocycles. The number of hydrogen-bond donors (Lipinski definition) is 5. The molecule has 3 aliphatic carbocycles. The van der Waals surface area contributed by atoms with Crippen LogP contribution >= 0.6 is 0 Å². The maximum atomic E-state index is 12.1. The van der Waals surface area contributed by atoms with Crippen molar-refractivity contribution in [3.05, 3.63) is 29.8 Å². The fourth-order valence-electron chi connectivity index (χ4n) is 6.23. The van der Waals surface area contributed by atoms with Gasteiger partial charge in [0, 0.05) is 51.2 Å². The highest BCUT2D eigenvalue weighted by Gasteiger charge is 2.34. The summed E-state index contributed by atoms with van der Waals surface area (Å²) in [6, 6.07) is 7.61. The SMILES string of the molecule is C1CCOC1.CN.CNC(=O)[C@H]1CC[C@@H](NC)C1.CNC(=O)[C@H]1CC[C@@H](NC)C1.COC(=O)[C@H]1CC[C@H](OS(=O)(=O)c2ccc(C)cc2)C1. The van der Waals surface area contributed by atoms with Crippen LogP contribution in [0.2, 0.25) is 0 Å². The van der Waals surface area contributed by atoms with Crippen molar-refractivity contribution in [3.63, 3.8) is 0 Å². The van der Waals surface area contributed by atoms with Gasteiger partial charge in [0.05, 0.1) is 24.0 Å². The molecule has 4 fully saturated rings. The molecule has 0 aromatic heterocycles. The Morgan fingerprint density at radius 3 is 1.57 bits per heavy atom. The highest BCUT2D eigenvalue weighted by Crippen LogP contribution is 2.31. The number of carbonyl (C=O) groups excluding carboxylic acids is 3. The molecule has 4 aliphatic rings. The van der Waals surface area contributed by atoms with E-state index in [1.54, 1.807) is 26.2 Å². The number of esters is 1. The minimum atomic E-state index is -3.77. The number of carbonyl (C=O) groups is 3. The van der Waals surface area contributed by atoms with E-state index >= 15 is 0 Å². The zero-order valence-electron chi connectivity index (χ0n) is 30.7. The summed E-state index contributed by atoms with van der Waals surface area (Å²) < 4.78 is 39.0. The van der Waals surface area contributed by atoms with Gasteiger partial charge in [-0.05, 0) is 111 Å². The predicted molar refractivity (Wildman–Crippen MR) is 191 cm³/mol. The van der Waals surface area contributed by atoms with E-state index in [4.69, 9.17) is 8.92 Å². The number of rotatable bonds is 8. The lowest BCUT2D eigenvalue weighted by Crippen LogP contribution is -2.28. The first-order valence-corrected chi connectivity index (χ1v) is 18.9. The Kier molecular flexibility index (Phi) is 22.2. The van der Waals surface area contributed by atoms with E-state index in [0.29, 0.717) is 31.3 Å². The van der Waals surface area contributed by atoms with Gasteiger partial charge < -0.3 is 36.5 Å². The van der Waals surface area contributed by atoms with Crippen LogP contribution in [0.15, 0.2) is 29.2 Å². The van der Waals surface area contributed by atoms with Crippen molar-refractivity contribution in [1.29, 1.82) is 0 Å². The highest BCUT2D eigenvalue weighted by atomic mass is 32.2. The number of benzene rings is 1. The van der Waals surface area contributed by atoms with Gasteiger partial charge >= 0.3 is 5.97 Å². The summed E-state index contributed by atoms with van der Waals surface area (Å²) >= 11 is 0. The lowest BCUT2D eigenvalue weighted by molar-refractivity contribution is -0.145. The summed E-state index contributed by atoms with van der Waals surface area (Å²) in [5, 5.41) is 11.8. The van der Waals surface area contributed by atoms with Crippen LogP contribution in [-0.4, -0.2) is 100.0 Å². The zero-order valence-corrected chi connectivity index (χ0v) is 31.5. The van der Waals surface area contributed by atoms with Gasteiger partial charge in [-0.3, -0.25) is 18.6 Å². The minimum absolute atomic E-state index is 0.143. The summed E-state index contributed by atoms with van der Waals surface area (Å²) in [5.74, 6) is 0.322. The average molecular weight is 714 g/mol. The molecule has 14 heteroatoms. The summed E-state index contributed by atoms with van der Waals surface area (Å²) in [6.45, 7) is 3.88. The first-order valence-electron chi connectivity index (χ1n) is 17.5. The molecule has 0 spiro atoms. The molecule has 3 saturated carbocycles. The molecular weight excluding hydrogens is 650 g/mol. The molecule has 6 N–H and O–H groups in total. The standard InChI is InChI=1S/C14H18O5S.2C8H16N2O.C4H8O.CH5N/c1-10-3-7-13(8-4-10)20(16,17)19-12-6-5-11(9-12)14(15)18-2;2*1-9-7-4-3-6(5-7)8(11)10-2;1-2-4-5-3-1;1-2/h3-4,7-8,11-12H,5-6,9H2,1-2H3;2*6-7,9H,3-5H2,1-2H3,(H,10,11);1-4H2;2H2,1H3/t11-,12-;2*6-,7+;;/m000../s1. The molecule has 2 amide bonds. The number of aryl methyl sites for hydroxylation is 1. The second kappa shape index (κ2) is 24.5. The molecule has 49 heavy (non-hydrogen) atoms. The van der Waals surface area contributed by atoms with Crippen LogP contribution in [0.25, 0.3) is 0 Å². The Labute approximate surface area is 294 Å². The quantitative estimate of drug-likeness (QED) is 0.197. The molecule has 1 aromatic rings. The van der Waals surface area contributed by atoms with Gasteiger partial charge in [-0.1, -0.05) is 17.7 Å². The Hall–Kier alpha value is -2.62. The van der Waals surface area contributed by atoms with Crippen LogP contribution in [0.3, 0.4) is 0 Å². The third-order valence-electron chi connectivity index (χ3n) is 9.23. The summed E-state index contributed by atoms with van der Waals surface area (Å²) in [4.78, 5) is 33.8. The maximum Gasteiger partial charge on any atom is 0.308 e. The van der Waals surface area contributed by atoms with Crippen molar-refractivity contribution in [3.8, 4) is 0 Å². The molecule has 1 heterocycles. The number of ether oxygens (including phenoxy) is 2. The lowest BCUT2D eigenvalue weighted by atomic mass is 10.1. The molecule has 0 radical (unpaired) electrons. The predicted octanol–water partition coefficient (Wildman–Crippen LogP) is 2.65. The van der Waals surface area contributed by atoms with E-state index in [0.717, 1.165) is 57.3 Å². The van der Waals surface area contributed by atoms with E-state index in [9.17, 15) is 22.8 Å². The fraction of sp³-hybridized carbons (Fsp3) is 0.743. The normalized spacial score (nSPS) is 25.5. The van der Waals surface area contributed by atoms with Crippen molar-refractivity contribution in [1.82, 2.24) is 21.3 Å². The molecule has 282 valence electrons. The second-order valence-electron chi connectivity index (χ2n) is 12.6. The molecule has 5 rings (SSSR count). The number of nitrogens with one attached hydrogen (secondary N) is 4. The zero-order chi connectivity index (χ0) is 36.8. The van der Waals surface area contributed by atoms with Crippen LogP contribution in [0.4, 0.5) is 0 Å². The van der Waals surface area contributed by atoms with Crippen LogP contribution in [-0.2, 0) is 38.2 Å². The summed E-state index contributed by atoms with van der Waals surface area (Å²) in [5.41, 5.74) is 5.48. The van der Waals surface area contributed by atoms with Crippen molar-refractivity contribution in [2.24, 2.45) is 23.5 Å². The second-order valence-corrected chi connectivity index (χ2v) is 14.1. The third kappa shape index (κ3) is 16.3. The Morgan fingerprint density at radius 2 is 1.20 bits per heavy atom. The first-order chi connectivity index (χ1) is 23.5. The molecule has 0 bridgehead atoms. The number of nitrogens with two attached hydrogens (primary N) is 1. The van der Waals surface area contributed by atoms with Crippen molar-refractivity contribution < 1.29 is 36.5 Å². The van der Waals surface area contributed by atoms with Crippen LogP contribution in [0, 0.1) is 24.7 Å². The van der Waals surface area contributed by atoms with E-state index in [1.165, 1.54) is 39.1 Å². The number of hydrogen-bond acceptors (Lipinski definition) is 11. The van der Waals surface area contributed by atoms with Gasteiger partial charge in [0.15, 0.2) is 0 Å². The van der Waals surface area contributed by atoms with E-state index in [2.05, 4.69) is 31.7 Å². The molecule has 13 nitrogen and oxygen atoms in total. The molecule has 6 atom stereocenters. The van der Waals surface area contributed by atoms with E-state index in [1.807, 2.05) is 21.0 Å². The smallest absolute Gasteiger partial charge is 0.308 e. The van der Waals surface area contributed by atoms with Gasteiger partial charge in [0.1, 0.15) is 0 Å². The minimum Gasteiger partial charge on any atom is -0.469 e. The fourth-order valence-corrected chi connectivity index (χ4v) is 7.34. The Morgan fingerprint density at radius 1 is 0.735 bits per heavy atom. The van der Waals surface area contributed by atoms with Crippen molar-refractivity contribution in [2.45, 2.75) is 101 Å². The summed E-state index contributed by atoms with van der Waals surface area (Å²) in [7, 11) is 6.38. The van der Waals surface area contributed by atoms with E-state index < -0.39 is 16.2 Å². The number of methoxy groups -OCH3 is 1. The highest BCUT2D eigenvalue weighted by molar-refractivity contribution is 7.86. The van der Waals surface area contributed by atoms with Gasteiger partial charge in [-0.15, -0.1) is 0 Å². The van der Waals surface area contributed by atoms with E-state index in [-0.39, 0.29) is 40.4 Å². The molecule has 1 saturated heterocycles. The summed E-state index contributed by atoms with van der Waals surface area (Å²) in [6.07, 6.45) is 9.96. The Bertz CT molecular complexity index is 1160. The van der Waals surface area contributed by atoms with Crippen LogP contribution < -0.4 is 27.0 Å². The number of amides is 2. The molecule has 0 unspecified atom stereocenters. The molecule has 1 aromatic carbocycles. The van der Waals surface area contributed by atoms with Crippen molar-refractivity contribution in [2.75, 3.05) is 55.6 Å². The van der Waals surface area contributed by atoms with Gasteiger partial charge in [-0.25, -0.2) is 0 Å². The first kappa shape index (κ1) is 44.4. The van der Waals surface area contributed by atoms with Gasteiger partial charge in [0.25, 0.3) is 10.1 Å². The average Bonchev–Trinajstić information content (AvgIpc) is 3.97. The molecular formula is C35H63N5O8S. The topological polar surface area (TPSA) is 187 Å². The Balaban J connectivity index is 0.000000352. The van der Waals surface area contributed by atoms with Crippen molar-refractivity contribution >= 4 is 27.9 Å². The van der Waals surface area contributed by atoms with Gasteiger partial charge in [0.2, 0.25) is 11.8 Å². The maximum absolute atomic E-state index is 12.1. The van der Waals surface area contributed by atoms with Crippen LogP contribution in [0.5, 0.6) is 0 Å². The largest absolute Gasteiger partial charge is 0.469 e.